The van der Waals surface area contributed by atoms with Crippen LogP contribution in [0.15, 0.2) is 6.33 Å². The highest BCUT2D eigenvalue weighted by molar-refractivity contribution is 5.88. The number of aromatic nitrogens is 4. The number of rotatable bonds is 3. The SMILES string of the molecule is CC(C)c1nn(C2CCN(C(C)C)CC2)c2ncnc(N)c12. The molecule has 1 aliphatic rings. The van der Waals surface area contributed by atoms with E-state index >= 15 is 0 Å². The van der Waals surface area contributed by atoms with Gasteiger partial charge in [-0.05, 0) is 32.6 Å². The Kier molecular flexibility index (Phi) is 4.04. The van der Waals surface area contributed by atoms with Gasteiger partial charge >= 0.3 is 0 Å². The Balaban J connectivity index is 1.97. The van der Waals surface area contributed by atoms with Crippen LogP contribution in [0.25, 0.3) is 11.0 Å². The summed E-state index contributed by atoms with van der Waals surface area (Å²) in [6.07, 6.45) is 3.76. The molecule has 0 radical (unpaired) electrons. The second-order valence-corrected chi connectivity index (χ2v) is 6.80. The van der Waals surface area contributed by atoms with Crippen molar-refractivity contribution < 1.29 is 0 Å². The summed E-state index contributed by atoms with van der Waals surface area (Å²) in [5.74, 6) is 0.854. The zero-order valence-electron chi connectivity index (χ0n) is 14.0. The summed E-state index contributed by atoms with van der Waals surface area (Å²) < 4.78 is 2.10. The third-order valence-corrected chi connectivity index (χ3v) is 4.67. The van der Waals surface area contributed by atoms with Gasteiger partial charge in [-0.2, -0.15) is 5.10 Å². The van der Waals surface area contributed by atoms with Crippen molar-refractivity contribution in [2.75, 3.05) is 18.8 Å². The van der Waals surface area contributed by atoms with E-state index in [4.69, 9.17) is 10.8 Å². The average molecular weight is 302 g/mol. The number of anilines is 1. The smallest absolute Gasteiger partial charge is 0.163 e. The van der Waals surface area contributed by atoms with Gasteiger partial charge in [0.2, 0.25) is 0 Å². The molecule has 1 saturated heterocycles. The molecule has 1 fully saturated rings. The zero-order valence-corrected chi connectivity index (χ0v) is 14.0. The standard InChI is InChI=1S/C16H26N6/c1-10(2)14-13-15(17)18-9-19-16(13)22(20-14)12-5-7-21(8-6-12)11(3)4/h9-12H,5-8H2,1-4H3,(H2,17,18,19). The van der Waals surface area contributed by atoms with Crippen molar-refractivity contribution in [3.63, 3.8) is 0 Å². The van der Waals surface area contributed by atoms with Crippen LogP contribution >= 0.6 is 0 Å². The number of piperidine rings is 1. The molecule has 0 amide bonds. The Morgan fingerprint density at radius 1 is 1.14 bits per heavy atom. The normalized spacial score (nSPS) is 17.9. The maximum absolute atomic E-state index is 6.09. The molecule has 0 bridgehead atoms. The summed E-state index contributed by atoms with van der Waals surface area (Å²) in [5.41, 5.74) is 7.99. The molecule has 0 aliphatic carbocycles. The van der Waals surface area contributed by atoms with Crippen LogP contribution in [0.2, 0.25) is 0 Å². The molecule has 0 atom stereocenters. The Labute approximate surface area is 131 Å². The molecule has 0 saturated carbocycles. The summed E-state index contributed by atoms with van der Waals surface area (Å²) >= 11 is 0. The molecule has 2 aromatic rings. The first-order chi connectivity index (χ1) is 10.5. The summed E-state index contributed by atoms with van der Waals surface area (Å²) in [5, 5.41) is 5.79. The fourth-order valence-corrected chi connectivity index (χ4v) is 3.33. The van der Waals surface area contributed by atoms with Gasteiger partial charge in [-0.1, -0.05) is 13.8 Å². The summed E-state index contributed by atoms with van der Waals surface area (Å²) in [4.78, 5) is 11.1. The van der Waals surface area contributed by atoms with Crippen molar-refractivity contribution >= 4 is 16.9 Å². The van der Waals surface area contributed by atoms with Crippen LogP contribution in [-0.4, -0.2) is 43.8 Å². The number of nitrogens with two attached hydrogens (primary N) is 1. The fraction of sp³-hybridized carbons (Fsp3) is 0.688. The van der Waals surface area contributed by atoms with E-state index in [-0.39, 0.29) is 0 Å². The van der Waals surface area contributed by atoms with Crippen LogP contribution in [0.3, 0.4) is 0 Å². The van der Waals surface area contributed by atoms with Gasteiger partial charge in [-0.15, -0.1) is 0 Å². The quantitative estimate of drug-likeness (QED) is 0.943. The van der Waals surface area contributed by atoms with Crippen molar-refractivity contribution in [3.05, 3.63) is 12.0 Å². The second kappa shape index (κ2) is 5.83. The molecule has 1 aliphatic heterocycles. The van der Waals surface area contributed by atoms with Crippen LogP contribution in [0.4, 0.5) is 5.82 Å². The van der Waals surface area contributed by atoms with Gasteiger partial charge in [-0.3, -0.25) is 0 Å². The first kappa shape index (κ1) is 15.2. The van der Waals surface area contributed by atoms with Gasteiger partial charge < -0.3 is 10.6 Å². The average Bonchev–Trinajstić information content (AvgIpc) is 2.88. The lowest BCUT2D eigenvalue weighted by atomic mass is 10.0. The highest BCUT2D eigenvalue weighted by Gasteiger charge is 2.26. The van der Waals surface area contributed by atoms with Gasteiger partial charge in [0.25, 0.3) is 0 Å². The molecule has 0 spiro atoms. The molecule has 22 heavy (non-hydrogen) atoms. The van der Waals surface area contributed by atoms with Gasteiger partial charge in [-0.25, -0.2) is 14.6 Å². The first-order valence-corrected chi connectivity index (χ1v) is 8.21. The predicted molar refractivity (Wildman–Crippen MR) is 88.8 cm³/mol. The highest BCUT2D eigenvalue weighted by Crippen LogP contribution is 2.32. The van der Waals surface area contributed by atoms with Gasteiger partial charge in [0, 0.05) is 19.1 Å². The lowest BCUT2D eigenvalue weighted by Crippen LogP contribution is -2.39. The predicted octanol–water partition coefficient (Wildman–Crippen LogP) is 2.58. The maximum Gasteiger partial charge on any atom is 0.163 e. The van der Waals surface area contributed by atoms with E-state index in [0.29, 0.717) is 23.8 Å². The van der Waals surface area contributed by atoms with Crippen LogP contribution < -0.4 is 5.73 Å². The van der Waals surface area contributed by atoms with E-state index in [9.17, 15) is 0 Å². The summed E-state index contributed by atoms with van der Waals surface area (Å²) in [6.45, 7) is 11.0. The Morgan fingerprint density at radius 2 is 1.82 bits per heavy atom. The van der Waals surface area contributed by atoms with Crippen molar-refractivity contribution in [2.24, 2.45) is 0 Å². The minimum Gasteiger partial charge on any atom is -0.383 e. The van der Waals surface area contributed by atoms with Gasteiger partial charge in [0.15, 0.2) is 5.65 Å². The minimum absolute atomic E-state index is 0.313. The minimum atomic E-state index is 0.313. The number of hydrogen-bond acceptors (Lipinski definition) is 5. The first-order valence-electron chi connectivity index (χ1n) is 8.21. The Bertz CT molecular complexity index is 652. The van der Waals surface area contributed by atoms with E-state index in [0.717, 1.165) is 42.7 Å². The van der Waals surface area contributed by atoms with Gasteiger partial charge in [0.1, 0.15) is 12.1 Å². The molecule has 3 heterocycles. The monoisotopic (exact) mass is 302 g/mol. The molecule has 6 heteroatoms. The third-order valence-electron chi connectivity index (χ3n) is 4.67. The van der Waals surface area contributed by atoms with Crippen LogP contribution in [0.1, 0.15) is 58.2 Å². The zero-order chi connectivity index (χ0) is 15.9. The van der Waals surface area contributed by atoms with E-state index in [1.807, 2.05) is 0 Å². The maximum atomic E-state index is 6.09. The number of fused-ring (bicyclic) bond motifs is 1. The van der Waals surface area contributed by atoms with Crippen molar-refractivity contribution in [1.29, 1.82) is 0 Å². The van der Waals surface area contributed by atoms with Gasteiger partial charge in [0.05, 0.1) is 17.1 Å². The van der Waals surface area contributed by atoms with Crippen LogP contribution in [0, 0.1) is 0 Å². The van der Waals surface area contributed by atoms with E-state index in [1.165, 1.54) is 0 Å². The van der Waals surface area contributed by atoms with Crippen LogP contribution in [-0.2, 0) is 0 Å². The Hall–Kier alpha value is -1.69. The summed E-state index contributed by atoms with van der Waals surface area (Å²) in [7, 11) is 0. The topological polar surface area (TPSA) is 72.9 Å². The second-order valence-electron chi connectivity index (χ2n) is 6.80. The fourth-order valence-electron chi connectivity index (χ4n) is 3.33. The largest absolute Gasteiger partial charge is 0.383 e. The number of nitrogen functional groups attached to an aromatic ring is 1. The number of likely N-dealkylation sites (tertiary alicyclic amines) is 1. The van der Waals surface area contributed by atoms with E-state index in [1.54, 1.807) is 6.33 Å². The third kappa shape index (κ3) is 2.56. The van der Waals surface area contributed by atoms with E-state index < -0.39 is 0 Å². The number of nitrogens with zero attached hydrogens (tertiary/aromatic N) is 5. The summed E-state index contributed by atoms with van der Waals surface area (Å²) in [6, 6.07) is 1.01. The Morgan fingerprint density at radius 3 is 2.41 bits per heavy atom. The lowest BCUT2D eigenvalue weighted by Gasteiger charge is -2.34. The molecule has 3 rings (SSSR count). The van der Waals surface area contributed by atoms with Crippen molar-refractivity contribution in [2.45, 2.75) is 58.5 Å². The van der Waals surface area contributed by atoms with Crippen LogP contribution in [0.5, 0.6) is 0 Å². The lowest BCUT2D eigenvalue weighted by molar-refractivity contribution is 0.148. The highest BCUT2D eigenvalue weighted by atomic mass is 15.3. The molecule has 2 N–H and O–H groups in total. The number of hydrogen-bond donors (Lipinski definition) is 1. The molecular formula is C16H26N6. The molecule has 2 aromatic heterocycles. The van der Waals surface area contributed by atoms with E-state index in [2.05, 4.69) is 47.2 Å². The molecular weight excluding hydrogens is 276 g/mol. The molecule has 0 unspecified atom stereocenters. The molecule has 0 aromatic carbocycles. The molecule has 120 valence electrons. The van der Waals surface area contributed by atoms with Crippen molar-refractivity contribution in [3.8, 4) is 0 Å². The molecule has 6 nitrogen and oxygen atoms in total. The van der Waals surface area contributed by atoms with Crippen molar-refractivity contribution in [1.82, 2.24) is 24.6 Å².